The number of H-pyrrole nitrogens is 1. The maximum Gasteiger partial charge on any atom is 0.254 e. The van der Waals surface area contributed by atoms with Crippen LogP contribution in [0.1, 0.15) is 43.3 Å². The van der Waals surface area contributed by atoms with Gasteiger partial charge in [-0.3, -0.25) is 9.59 Å². The van der Waals surface area contributed by atoms with E-state index in [1.807, 2.05) is 25.7 Å². The number of aromatic nitrogens is 2. The van der Waals surface area contributed by atoms with E-state index in [1.165, 1.54) is 0 Å². The minimum absolute atomic E-state index is 0.000383. The maximum atomic E-state index is 12.2. The fourth-order valence-electron chi connectivity index (χ4n) is 3.53. The Balaban J connectivity index is 1.94. The maximum absolute atomic E-state index is 12.2. The molecule has 2 heterocycles. The molecule has 1 aromatic heterocycles. The van der Waals surface area contributed by atoms with Crippen LogP contribution in [0.5, 0.6) is 0 Å². The molecule has 0 bridgehead atoms. The fraction of sp³-hybridized carbons (Fsp3) is 0.667. The summed E-state index contributed by atoms with van der Waals surface area (Å²) >= 11 is 0. The van der Waals surface area contributed by atoms with Crippen molar-refractivity contribution in [1.82, 2.24) is 14.9 Å². The summed E-state index contributed by atoms with van der Waals surface area (Å²) in [6.07, 6.45) is 1.76. The number of nitrogens with one attached hydrogen (secondary N) is 1. The predicted molar refractivity (Wildman–Crippen MR) is 75.6 cm³/mol. The van der Waals surface area contributed by atoms with E-state index >= 15 is 0 Å². The molecule has 2 atom stereocenters. The third kappa shape index (κ3) is 2.05. The van der Waals surface area contributed by atoms with E-state index in [0.717, 1.165) is 30.6 Å². The first-order chi connectivity index (χ1) is 9.47. The van der Waals surface area contributed by atoms with Gasteiger partial charge < -0.3 is 9.88 Å². The first-order valence-corrected chi connectivity index (χ1v) is 7.36. The van der Waals surface area contributed by atoms with E-state index in [9.17, 15) is 9.59 Å². The highest BCUT2D eigenvalue weighted by molar-refractivity contribution is 5.78. The lowest BCUT2D eigenvalue weighted by atomic mass is 9.80. The average molecular weight is 275 g/mol. The Morgan fingerprint density at radius 3 is 2.85 bits per heavy atom. The predicted octanol–water partition coefficient (Wildman–Crippen LogP) is 1.22. The molecule has 5 heteroatoms. The Hall–Kier alpha value is -1.65. The van der Waals surface area contributed by atoms with Crippen molar-refractivity contribution in [2.75, 3.05) is 13.1 Å². The van der Waals surface area contributed by atoms with Crippen LogP contribution in [-0.4, -0.2) is 33.9 Å². The summed E-state index contributed by atoms with van der Waals surface area (Å²) in [4.78, 5) is 33.5. The molecule has 1 aliphatic heterocycles. The summed E-state index contributed by atoms with van der Waals surface area (Å²) in [7, 11) is 0. The van der Waals surface area contributed by atoms with Crippen molar-refractivity contribution in [3.63, 3.8) is 0 Å². The molecule has 0 unspecified atom stereocenters. The van der Waals surface area contributed by atoms with Crippen molar-refractivity contribution in [2.24, 2.45) is 11.8 Å². The Bertz CT molecular complexity index is 606. The molecule has 1 aromatic rings. The lowest BCUT2D eigenvalue weighted by Crippen LogP contribution is -2.32. The number of hydrogen-bond donors (Lipinski definition) is 1. The molecule has 1 fully saturated rings. The van der Waals surface area contributed by atoms with Gasteiger partial charge >= 0.3 is 0 Å². The van der Waals surface area contributed by atoms with E-state index in [4.69, 9.17) is 0 Å². The lowest BCUT2D eigenvalue weighted by Gasteiger charge is -2.25. The van der Waals surface area contributed by atoms with Gasteiger partial charge in [0.05, 0.1) is 5.69 Å². The fourth-order valence-corrected chi connectivity index (χ4v) is 3.53. The number of nitrogens with zero attached hydrogens (tertiary/aromatic N) is 2. The van der Waals surface area contributed by atoms with E-state index in [-0.39, 0.29) is 23.3 Å². The van der Waals surface area contributed by atoms with Crippen molar-refractivity contribution in [3.8, 4) is 0 Å². The summed E-state index contributed by atoms with van der Waals surface area (Å²) in [6.45, 7) is 7.22. The molecular weight excluding hydrogens is 254 g/mol. The van der Waals surface area contributed by atoms with Gasteiger partial charge in [-0.05, 0) is 25.7 Å². The number of likely N-dealkylation sites (tertiary alicyclic amines) is 1. The average Bonchev–Trinajstić information content (AvgIpc) is 2.81. The molecule has 0 spiro atoms. The third-order valence-electron chi connectivity index (χ3n) is 4.53. The molecule has 3 rings (SSSR count). The molecule has 1 N–H and O–H groups in total. The number of hydrogen-bond acceptors (Lipinski definition) is 3. The van der Waals surface area contributed by atoms with Gasteiger partial charge in [0.2, 0.25) is 5.91 Å². The van der Waals surface area contributed by atoms with Crippen LogP contribution in [0, 0.1) is 18.8 Å². The SMILES string of the molecule is Cc1nc2c(c(=O)[nH]1)CC[C@@H]1CN(C(=O)C(C)C)C[C@H]21. The third-order valence-corrected chi connectivity index (χ3v) is 4.53. The molecular formula is C15H21N3O2. The first kappa shape index (κ1) is 13.3. The van der Waals surface area contributed by atoms with Gasteiger partial charge in [0.25, 0.3) is 5.56 Å². The standard InChI is InChI=1S/C15H21N3O2/c1-8(2)15(20)18-6-10-4-5-11-13(12(10)7-18)16-9(3)17-14(11)19/h8,10,12H,4-7H2,1-3H3,(H,16,17,19)/t10-,12+/m1/s1. The van der Waals surface area contributed by atoms with Gasteiger partial charge in [-0.1, -0.05) is 13.8 Å². The van der Waals surface area contributed by atoms with Crippen LogP contribution in [0.4, 0.5) is 0 Å². The van der Waals surface area contributed by atoms with Gasteiger partial charge in [0.15, 0.2) is 0 Å². The van der Waals surface area contributed by atoms with Crippen LogP contribution < -0.4 is 5.56 Å². The lowest BCUT2D eigenvalue weighted by molar-refractivity contribution is -0.133. The van der Waals surface area contributed by atoms with Crippen molar-refractivity contribution < 1.29 is 4.79 Å². The molecule has 5 nitrogen and oxygen atoms in total. The normalized spacial score (nSPS) is 24.7. The molecule has 1 saturated heterocycles. The molecule has 2 aliphatic rings. The molecule has 0 aromatic carbocycles. The second-order valence-electron chi connectivity index (χ2n) is 6.32. The Labute approximate surface area is 118 Å². The Kier molecular flexibility index (Phi) is 3.15. The smallest absolute Gasteiger partial charge is 0.254 e. The summed E-state index contributed by atoms with van der Waals surface area (Å²) in [6, 6.07) is 0. The summed E-state index contributed by atoms with van der Waals surface area (Å²) in [5.74, 6) is 1.61. The van der Waals surface area contributed by atoms with Crippen molar-refractivity contribution >= 4 is 5.91 Å². The van der Waals surface area contributed by atoms with Crippen LogP contribution in [0.3, 0.4) is 0 Å². The quantitative estimate of drug-likeness (QED) is 0.838. The highest BCUT2D eigenvalue weighted by Gasteiger charge is 2.41. The topological polar surface area (TPSA) is 66.1 Å². The number of aromatic amines is 1. The zero-order valence-corrected chi connectivity index (χ0v) is 12.3. The second-order valence-corrected chi connectivity index (χ2v) is 6.32. The van der Waals surface area contributed by atoms with E-state index in [2.05, 4.69) is 9.97 Å². The Morgan fingerprint density at radius 2 is 2.15 bits per heavy atom. The van der Waals surface area contributed by atoms with E-state index < -0.39 is 0 Å². The molecule has 1 aliphatic carbocycles. The molecule has 108 valence electrons. The minimum atomic E-state index is -0.000383. The summed E-state index contributed by atoms with van der Waals surface area (Å²) in [5, 5.41) is 0. The number of carbonyl (C=O) groups is 1. The van der Waals surface area contributed by atoms with E-state index in [0.29, 0.717) is 18.3 Å². The summed E-state index contributed by atoms with van der Waals surface area (Å²) < 4.78 is 0. The molecule has 0 saturated carbocycles. The van der Waals surface area contributed by atoms with Gasteiger partial charge in [-0.15, -0.1) is 0 Å². The van der Waals surface area contributed by atoms with Crippen molar-refractivity contribution in [3.05, 3.63) is 27.4 Å². The van der Waals surface area contributed by atoms with Crippen LogP contribution >= 0.6 is 0 Å². The van der Waals surface area contributed by atoms with Crippen LogP contribution in [-0.2, 0) is 11.2 Å². The van der Waals surface area contributed by atoms with Gasteiger partial charge in [0.1, 0.15) is 5.82 Å². The minimum Gasteiger partial charge on any atom is -0.341 e. The second kappa shape index (κ2) is 4.72. The highest BCUT2D eigenvalue weighted by atomic mass is 16.2. The zero-order valence-electron chi connectivity index (χ0n) is 12.3. The molecule has 20 heavy (non-hydrogen) atoms. The van der Waals surface area contributed by atoms with Crippen molar-refractivity contribution in [2.45, 2.75) is 39.5 Å². The number of amides is 1. The number of carbonyl (C=O) groups excluding carboxylic acids is 1. The monoisotopic (exact) mass is 275 g/mol. The van der Waals surface area contributed by atoms with Gasteiger partial charge in [-0.2, -0.15) is 0 Å². The first-order valence-electron chi connectivity index (χ1n) is 7.36. The number of aryl methyl sites for hydroxylation is 1. The van der Waals surface area contributed by atoms with Crippen LogP contribution in [0.25, 0.3) is 0 Å². The van der Waals surface area contributed by atoms with Crippen LogP contribution in [0.2, 0.25) is 0 Å². The number of fused-ring (bicyclic) bond motifs is 3. The van der Waals surface area contributed by atoms with Crippen LogP contribution in [0.15, 0.2) is 4.79 Å². The number of rotatable bonds is 1. The summed E-state index contributed by atoms with van der Waals surface area (Å²) in [5.41, 5.74) is 1.76. The molecule has 0 radical (unpaired) electrons. The van der Waals surface area contributed by atoms with Gasteiger partial charge in [-0.25, -0.2) is 4.98 Å². The molecule has 1 amide bonds. The van der Waals surface area contributed by atoms with E-state index in [1.54, 1.807) is 0 Å². The zero-order chi connectivity index (χ0) is 14.4. The van der Waals surface area contributed by atoms with Gasteiger partial charge in [0, 0.05) is 30.5 Å². The Morgan fingerprint density at radius 1 is 1.40 bits per heavy atom. The highest BCUT2D eigenvalue weighted by Crippen LogP contribution is 2.39. The van der Waals surface area contributed by atoms with Crippen molar-refractivity contribution in [1.29, 1.82) is 0 Å². The largest absolute Gasteiger partial charge is 0.341 e.